The summed E-state index contributed by atoms with van der Waals surface area (Å²) in [7, 11) is -3.89. The number of hydrogen-bond donors (Lipinski definition) is 2. The summed E-state index contributed by atoms with van der Waals surface area (Å²) in [6, 6.07) is 19.8. The molecule has 192 valence electrons. The van der Waals surface area contributed by atoms with E-state index in [9.17, 15) is 13.2 Å². The summed E-state index contributed by atoms with van der Waals surface area (Å²) >= 11 is 1.28. The van der Waals surface area contributed by atoms with Gasteiger partial charge in [0.15, 0.2) is 5.82 Å². The molecule has 0 amide bonds. The first-order valence-electron chi connectivity index (χ1n) is 12.1. The number of carbonyl (C=O) groups excluding carboxylic acids is 1. The zero-order chi connectivity index (χ0) is 26.4. The third kappa shape index (κ3) is 4.46. The molecular weight excluding hydrogens is 520 g/mol. The highest BCUT2D eigenvalue weighted by atomic mass is 32.2. The minimum Gasteiger partial charge on any atom is -0.397 e. The normalized spacial score (nSPS) is 15.3. The van der Waals surface area contributed by atoms with E-state index < -0.39 is 10.0 Å². The second-order valence-electron chi connectivity index (χ2n) is 9.42. The van der Waals surface area contributed by atoms with Crippen molar-refractivity contribution >= 4 is 48.9 Å². The number of ketones is 1. The van der Waals surface area contributed by atoms with E-state index in [0.717, 1.165) is 35.2 Å². The smallest absolute Gasteiger partial charge is 0.263 e. The Morgan fingerprint density at radius 3 is 2.58 bits per heavy atom. The first-order valence-corrected chi connectivity index (χ1v) is 14.4. The number of nitrogens with two attached hydrogens (primary N) is 1. The lowest BCUT2D eigenvalue weighted by molar-refractivity contribution is 0.104. The van der Waals surface area contributed by atoms with Crippen molar-refractivity contribution in [2.45, 2.75) is 37.0 Å². The molecule has 0 bridgehead atoms. The van der Waals surface area contributed by atoms with Crippen LogP contribution in [-0.4, -0.2) is 24.3 Å². The molecule has 10 heteroatoms. The zero-order valence-corrected chi connectivity index (χ0v) is 22.1. The summed E-state index contributed by atoms with van der Waals surface area (Å²) in [5, 5.41) is 4.44. The Balaban J connectivity index is 1.26. The molecule has 6 rings (SSSR count). The van der Waals surface area contributed by atoms with Crippen molar-refractivity contribution in [3.8, 4) is 0 Å². The van der Waals surface area contributed by atoms with Crippen molar-refractivity contribution in [3.63, 3.8) is 0 Å². The summed E-state index contributed by atoms with van der Waals surface area (Å²) < 4.78 is 32.6. The molecule has 8 nitrogen and oxygen atoms in total. The number of thiophene rings is 1. The molecule has 38 heavy (non-hydrogen) atoms. The van der Waals surface area contributed by atoms with Crippen LogP contribution in [0.15, 0.2) is 76.1 Å². The number of anilines is 2. The number of nitrogens with one attached hydrogen (secondary N) is 1. The fourth-order valence-corrected chi connectivity index (χ4v) is 6.94. The van der Waals surface area contributed by atoms with Crippen LogP contribution in [0.4, 0.5) is 11.5 Å². The molecule has 3 aromatic heterocycles. The second kappa shape index (κ2) is 9.38. The minimum atomic E-state index is -3.89. The Morgan fingerprint density at radius 1 is 1.11 bits per heavy atom. The standard InChI is InChI=1S/C28H24N4O4S2/c1-16-13-24(31-36-16)32-38(34,35)21-10-7-18(8-11-21)26(33)27-25(29)22-15-20-14-19(17-5-3-2-4-6-17)9-12-23(20)30-28(22)37-27/h2-8,10-11,13,15,19H,9,12,14,29H2,1H3,(H,31,32). The monoisotopic (exact) mass is 544 g/mol. The Kier molecular flexibility index (Phi) is 6.00. The van der Waals surface area contributed by atoms with Crippen molar-refractivity contribution in [1.82, 2.24) is 10.1 Å². The van der Waals surface area contributed by atoms with Crippen molar-refractivity contribution < 1.29 is 17.7 Å². The number of nitrogens with zero attached hydrogens (tertiary/aromatic N) is 2. The van der Waals surface area contributed by atoms with E-state index in [2.05, 4.69) is 40.2 Å². The Bertz CT molecular complexity index is 1780. The number of carbonyl (C=O) groups is 1. The molecule has 3 heterocycles. The molecule has 0 fully saturated rings. The number of rotatable bonds is 6. The summed E-state index contributed by atoms with van der Waals surface area (Å²) in [5.74, 6) is 0.734. The molecule has 1 unspecified atom stereocenters. The maximum absolute atomic E-state index is 13.4. The number of pyridine rings is 1. The molecule has 2 aromatic carbocycles. The van der Waals surface area contributed by atoms with Crippen LogP contribution in [0.5, 0.6) is 0 Å². The predicted octanol–water partition coefficient (Wildman–Crippen LogP) is 5.48. The first-order chi connectivity index (χ1) is 18.3. The van der Waals surface area contributed by atoms with Gasteiger partial charge in [-0.1, -0.05) is 35.5 Å². The Hall–Kier alpha value is -4.02. The molecule has 0 aliphatic heterocycles. The highest BCUT2D eigenvalue weighted by Gasteiger charge is 2.25. The van der Waals surface area contributed by atoms with Gasteiger partial charge >= 0.3 is 0 Å². The van der Waals surface area contributed by atoms with Gasteiger partial charge in [-0.2, -0.15) is 0 Å². The van der Waals surface area contributed by atoms with Crippen molar-refractivity contribution in [1.29, 1.82) is 0 Å². The van der Waals surface area contributed by atoms with Crippen LogP contribution in [0.2, 0.25) is 0 Å². The van der Waals surface area contributed by atoms with Crippen LogP contribution in [0.3, 0.4) is 0 Å². The molecule has 0 spiro atoms. The number of aromatic nitrogens is 2. The molecule has 1 aliphatic carbocycles. The lowest BCUT2D eigenvalue weighted by Crippen LogP contribution is -2.14. The fourth-order valence-electron chi connectivity index (χ4n) is 4.90. The van der Waals surface area contributed by atoms with E-state index in [1.165, 1.54) is 52.8 Å². The van der Waals surface area contributed by atoms with Gasteiger partial charge in [-0.25, -0.2) is 13.4 Å². The fraction of sp³-hybridized carbons (Fsp3) is 0.179. The zero-order valence-electron chi connectivity index (χ0n) is 20.5. The lowest BCUT2D eigenvalue weighted by atomic mass is 9.82. The maximum Gasteiger partial charge on any atom is 0.263 e. The third-order valence-electron chi connectivity index (χ3n) is 6.86. The van der Waals surface area contributed by atoms with Gasteiger partial charge in [0.05, 0.1) is 10.6 Å². The van der Waals surface area contributed by atoms with Gasteiger partial charge in [0.1, 0.15) is 15.5 Å². The molecule has 0 saturated carbocycles. The van der Waals surface area contributed by atoms with E-state index in [4.69, 9.17) is 15.2 Å². The maximum atomic E-state index is 13.4. The van der Waals surface area contributed by atoms with Crippen LogP contribution in [-0.2, 0) is 22.9 Å². The molecule has 0 radical (unpaired) electrons. The number of nitrogen functional groups attached to an aromatic ring is 1. The Morgan fingerprint density at radius 2 is 1.87 bits per heavy atom. The number of benzene rings is 2. The average molecular weight is 545 g/mol. The molecule has 3 N–H and O–H groups in total. The van der Waals surface area contributed by atoms with Crippen LogP contribution in [0.25, 0.3) is 10.2 Å². The summed E-state index contributed by atoms with van der Waals surface area (Å²) in [6.45, 7) is 1.66. The SMILES string of the molecule is Cc1cc(NS(=O)(=O)c2ccc(C(=O)c3sc4nc5c(cc4c3N)CC(c3ccccc3)CC5)cc2)no1. The summed E-state index contributed by atoms with van der Waals surface area (Å²) in [4.78, 5) is 19.4. The van der Waals surface area contributed by atoms with E-state index in [-0.39, 0.29) is 16.5 Å². The van der Waals surface area contributed by atoms with E-state index >= 15 is 0 Å². The number of hydrogen-bond acceptors (Lipinski definition) is 8. The topological polar surface area (TPSA) is 128 Å². The van der Waals surface area contributed by atoms with E-state index in [0.29, 0.717) is 27.8 Å². The highest BCUT2D eigenvalue weighted by molar-refractivity contribution is 7.92. The van der Waals surface area contributed by atoms with Gasteiger partial charge in [-0.3, -0.25) is 9.52 Å². The molecule has 1 atom stereocenters. The number of sulfonamides is 1. The molecule has 5 aromatic rings. The van der Waals surface area contributed by atoms with Crippen molar-refractivity contribution in [2.24, 2.45) is 0 Å². The van der Waals surface area contributed by atoms with Crippen molar-refractivity contribution in [3.05, 3.63) is 99.8 Å². The highest BCUT2D eigenvalue weighted by Crippen LogP contribution is 2.39. The van der Waals surface area contributed by atoms with Crippen LogP contribution >= 0.6 is 11.3 Å². The number of fused-ring (bicyclic) bond motifs is 2. The van der Waals surface area contributed by atoms with E-state index in [1.54, 1.807) is 6.92 Å². The third-order valence-corrected chi connectivity index (χ3v) is 9.34. The van der Waals surface area contributed by atoms with E-state index in [1.807, 2.05) is 6.07 Å². The molecule has 0 saturated heterocycles. The van der Waals surface area contributed by atoms with Gasteiger partial charge < -0.3 is 10.3 Å². The van der Waals surface area contributed by atoms with Gasteiger partial charge in [-0.15, -0.1) is 11.3 Å². The Labute approximate surface area is 223 Å². The van der Waals surface area contributed by atoms with Crippen LogP contribution < -0.4 is 10.5 Å². The van der Waals surface area contributed by atoms with Crippen molar-refractivity contribution in [2.75, 3.05) is 10.5 Å². The van der Waals surface area contributed by atoms with Gasteiger partial charge in [0.25, 0.3) is 10.0 Å². The van der Waals surface area contributed by atoms with Crippen LogP contribution in [0.1, 0.15) is 50.2 Å². The molecular formula is C28H24N4O4S2. The van der Waals surface area contributed by atoms with Gasteiger partial charge in [0.2, 0.25) is 5.78 Å². The van der Waals surface area contributed by atoms with Gasteiger partial charge in [-0.05, 0) is 73.6 Å². The number of aryl methyl sites for hydroxylation is 2. The largest absolute Gasteiger partial charge is 0.397 e. The second-order valence-corrected chi connectivity index (χ2v) is 12.1. The lowest BCUT2D eigenvalue weighted by Gasteiger charge is -2.24. The minimum absolute atomic E-state index is 0.00123. The van der Waals surface area contributed by atoms with Crippen LogP contribution in [0, 0.1) is 6.92 Å². The predicted molar refractivity (Wildman–Crippen MR) is 147 cm³/mol. The first kappa shape index (κ1) is 24.3. The quantitative estimate of drug-likeness (QED) is 0.271. The van der Waals surface area contributed by atoms with Gasteiger partial charge in [0, 0.05) is 22.7 Å². The summed E-state index contributed by atoms with van der Waals surface area (Å²) in [6.07, 6.45) is 2.80. The average Bonchev–Trinajstić information content (AvgIpc) is 3.48. The summed E-state index contributed by atoms with van der Waals surface area (Å²) in [5.41, 5.74) is 10.8. The molecule has 1 aliphatic rings.